The van der Waals surface area contributed by atoms with Crippen molar-refractivity contribution in [3.63, 3.8) is 0 Å². The molecule has 4 nitrogen and oxygen atoms in total. The molecular weight excluding hydrogens is 296 g/mol. The zero-order valence-corrected chi connectivity index (χ0v) is 14.8. The fourth-order valence-corrected chi connectivity index (χ4v) is 4.37. The lowest BCUT2D eigenvalue weighted by molar-refractivity contribution is 0.221. The van der Waals surface area contributed by atoms with Crippen LogP contribution in [0.3, 0.4) is 0 Å². The van der Waals surface area contributed by atoms with Crippen LogP contribution in [0.2, 0.25) is 0 Å². The average Bonchev–Trinajstić information content (AvgIpc) is 3.00. The summed E-state index contributed by atoms with van der Waals surface area (Å²) >= 11 is 0. The van der Waals surface area contributed by atoms with Crippen LogP contribution in [0, 0.1) is 6.92 Å². The highest BCUT2D eigenvalue weighted by molar-refractivity contribution is 5.64. The molecule has 2 aliphatic heterocycles. The van der Waals surface area contributed by atoms with Crippen molar-refractivity contribution in [3.8, 4) is 11.3 Å². The predicted octanol–water partition coefficient (Wildman–Crippen LogP) is 3.11. The largest absolute Gasteiger partial charge is 0.312 e. The van der Waals surface area contributed by atoms with Crippen molar-refractivity contribution in [2.75, 3.05) is 13.1 Å². The van der Waals surface area contributed by atoms with Crippen molar-refractivity contribution >= 4 is 0 Å². The molecule has 2 atom stereocenters. The monoisotopic (exact) mass is 324 g/mol. The molecule has 3 heterocycles. The lowest BCUT2D eigenvalue weighted by Crippen LogP contribution is -2.40. The molecule has 4 rings (SSSR count). The highest BCUT2D eigenvalue weighted by atomic mass is 15.3. The minimum absolute atomic E-state index is 0.685. The van der Waals surface area contributed by atoms with Gasteiger partial charge in [-0.05, 0) is 32.7 Å². The SMILES string of the molecule is Cc1c(CN2CC[C@H]3NCCCC[C@H]32)c(-c2ccccc2)nn1C. The molecule has 1 aromatic heterocycles. The van der Waals surface area contributed by atoms with Gasteiger partial charge in [0, 0.05) is 49.0 Å². The summed E-state index contributed by atoms with van der Waals surface area (Å²) in [5.41, 5.74) is 5.07. The summed E-state index contributed by atoms with van der Waals surface area (Å²) in [6.45, 7) is 5.61. The second-order valence-electron chi connectivity index (χ2n) is 7.29. The van der Waals surface area contributed by atoms with Gasteiger partial charge in [0.1, 0.15) is 0 Å². The van der Waals surface area contributed by atoms with Gasteiger partial charge in [-0.3, -0.25) is 9.58 Å². The second-order valence-corrected chi connectivity index (χ2v) is 7.29. The number of fused-ring (bicyclic) bond motifs is 1. The van der Waals surface area contributed by atoms with E-state index in [4.69, 9.17) is 5.10 Å². The van der Waals surface area contributed by atoms with E-state index in [0.717, 1.165) is 12.2 Å². The van der Waals surface area contributed by atoms with Crippen LogP contribution >= 0.6 is 0 Å². The van der Waals surface area contributed by atoms with Crippen LogP contribution in [0.5, 0.6) is 0 Å². The van der Waals surface area contributed by atoms with Gasteiger partial charge in [0.15, 0.2) is 0 Å². The van der Waals surface area contributed by atoms with Gasteiger partial charge in [-0.25, -0.2) is 0 Å². The molecule has 0 aliphatic carbocycles. The molecule has 1 aromatic carbocycles. The first-order valence-electron chi connectivity index (χ1n) is 9.29. The van der Waals surface area contributed by atoms with Crippen molar-refractivity contribution < 1.29 is 0 Å². The van der Waals surface area contributed by atoms with E-state index in [0.29, 0.717) is 12.1 Å². The van der Waals surface area contributed by atoms with Crippen LogP contribution in [0.4, 0.5) is 0 Å². The topological polar surface area (TPSA) is 33.1 Å². The summed E-state index contributed by atoms with van der Waals surface area (Å²) in [7, 11) is 2.06. The van der Waals surface area contributed by atoms with Gasteiger partial charge in [0.25, 0.3) is 0 Å². The van der Waals surface area contributed by atoms with Crippen molar-refractivity contribution in [1.29, 1.82) is 0 Å². The second kappa shape index (κ2) is 6.69. The number of benzene rings is 1. The molecule has 0 radical (unpaired) electrons. The Balaban J connectivity index is 1.63. The van der Waals surface area contributed by atoms with Crippen molar-refractivity contribution in [2.45, 2.75) is 51.2 Å². The van der Waals surface area contributed by atoms with Crippen molar-refractivity contribution in [3.05, 3.63) is 41.6 Å². The molecule has 4 heteroatoms. The number of nitrogens with one attached hydrogen (secondary N) is 1. The van der Waals surface area contributed by atoms with Gasteiger partial charge in [0.2, 0.25) is 0 Å². The molecule has 0 saturated carbocycles. The minimum Gasteiger partial charge on any atom is -0.312 e. The first kappa shape index (κ1) is 15.9. The average molecular weight is 324 g/mol. The van der Waals surface area contributed by atoms with E-state index in [1.807, 2.05) is 4.68 Å². The number of aryl methyl sites for hydroxylation is 1. The van der Waals surface area contributed by atoms with Crippen molar-refractivity contribution in [1.82, 2.24) is 20.0 Å². The molecular formula is C20H28N4. The summed E-state index contributed by atoms with van der Waals surface area (Å²) in [4.78, 5) is 2.69. The van der Waals surface area contributed by atoms with Crippen molar-refractivity contribution in [2.24, 2.45) is 7.05 Å². The Morgan fingerprint density at radius 2 is 2.00 bits per heavy atom. The van der Waals surface area contributed by atoms with Gasteiger partial charge in [-0.15, -0.1) is 0 Å². The van der Waals surface area contributed by atoms with Gasteiger partial charge in [-0.1, -0.05) is 36.8 Å². The van der Waals surface area contributed by atoms with Crippen LogP contribution in [0.25, 0.3) is 11.3 Å². The molecule has 2 saturated heterocycles. The quantitative estimate of drug-likeness (QED) is 0.942. The van der Waals surface area contributed by atoms with E-state index in [1.54, 1.807) is 0 Å². The van der Waals surface area contributed by atoms with E-state index in [1.165, 1.54) is 55.6 Å². The fraction of sp³-hybridized carbons (Fsp3) is 0.550. The maximum Gasteiger partial charge on any atom is 0.0970 e. The minimum atomic E-state index is 0.685. The Bertz CT molecular complexity index is 691. The van der Waals surface area contributed by atoms with E-state index < -0.39 is 0 Å². The van der Waals surface area contributed by atoms with Crippen LogP contribution in [0.15, 0.2) is 30.3 Å². The molecule has 1 N–H and O–H groups in total. The van der Waals surface area contributed by atoms with Gasteiger partial charge >= 0.3 is 0 Å². The molecule has 0 bridgehead atoms. The van der Waals surface area contributed by atoms with Gasteiger partial charge in [-0.2, -0.15) is 5.10 Å². The molecule has 2 aromatic rings. The molecule has 0 amide bonds. The Morgan fingerprint density at radius 3 is 2.83 bits per heavy atom. The lowest BCUT2D eigenvalue weighted by Gasteiger charge is -2.27. The van der Waals surface area contributed by atoms with E-state index in [9.17, 15) is 0 Å². The number of rotatable bonds is 3. The van der Waals surface area contributed by atoms with E-state index in [2.05, 4.69) is 54.5 Å². The van der Waals surface area contributed by atoms with E-state index >= 15 is 0 Å². The third-order valence-electron chi connectivity index (χ3n) is 5.86. The zero-order chi connectivity index (χ0) is 16.5. The van der Waals surface area contributed by atoms with Crippen LogP contribution < -0.4 is 5.32 Å². The summed E-state index contributed by atoms with van der Waals surface area (Å²) < 4.78 is 2.04. The van der Waals surface area contributed by atoms with E-state index in [-0.39, 0.29) is 0 Å². The number of aromatic nitrogens is 2. The number of nitrogens with zero attached hydrogens (tertiary/aromatic N) is 3. The standard InChI is InChI=1S/C20H28N4/c1-15-17(20(22-23(15)2)16-8-4-3-5-9-16)14-24-13-11-18-19(24)10-6-7-12-21-18/h3-5,8-9,18-19,21H,6-7,10-14H2,1-2H3/t18-,19-/m1/s1. The first-order chi connectivity index (χ1) is 11.7. The summed E-state index contributed by atoms with van der Waals surface area (Å²) in [6, 6.07) is 12.0. The maximum atomic E-state index is 4.82. The molecule has 2 fully saturated rings. The molecule has 128 valence electrons. The molecule has 0 spiro atoms. The predicted molar refractivity (Wildman–Crippen MR) is 97.8 cm³/mol. The number of hydrogen-bond donors (Lipinski definition) is 1. The fourth-order valence-electron chi connectivity index (χ4n) is 4.37. The molecule has 2 aliphatic rings. The summed E-state index contributed by atoms with van der Waals surface area (Å²) in [5, 5.41) is 8.58. The Morgan fingerprint density at radius 1 is 1.17 bits per heavy atom. The normalized spacial score (nSPS) is 24.8. The summed E-state index contributed by atoms with van der Waals surface area (Å²) in [6.07, 6.45) is 5.28. The maximum absolute atomic E-state index is 4.82. The number of hydrogen-bond acceptors (Lipinski definition) is 3. The third kappa shape index (κ3) is 2.89. The highest BCUT2D eigenvalue weighted by Crippen LogP contribution is 2.31. The van der Waals surface area contributed by atoms with Gasteiger partial charge in [0.05, 0.1) is 5.69 Å². The van der Waals surface area contributed by atoms with Crippen LogP contribution in [-0.4, -0.2) is 39.9 Å². The molecule has 0 unspecified atom stereocenters. The highest BCUT2D eigenvalue weighted by Gasteiger charge is 2.35. The molecule has 24 heavy (non-hydrogen) atoms. The van der Waals surface area contributed by atoms with Crippen LogP contribution in [0.1, 0.15) is 36.9 Å². The van der Waals surface area contributed by atoms with Crippen LogP contribution in [-0.2, 0) is 13.6 Å². The van der Waals surface area contributed by atoms with Gasteiger partial charge < -0.3 is 5.32 Å². The smallest absolute Gasteiger partial charge is 0.0970 e. The first-order valence-corrected chi connectivity index (χ1v) is 9.29. The Labute approximate surface area is 144 Å². The summed E-state index contributed by atoms with van der Waals surface area (Å²) in [5.74, 6) is 0. The number of likely N-dealkylation sites (tertiary alicyclic amines) is 1. The Kier molecular flexibility index (Phi) is 4.42. The zero-order valence-electron chi connectivity index (χ0n) is 14.8. The third-order valence-corrected chi connectivity index (χ3v) is 5.86. The lowest BCUT2D eigenvalue weighted by atomic mass is 10.0. The Hall–Kier alpha value is -1.65.